The van der Waals surface area contributed by atoms with Crippen molar-refractivity contribution in [1.29, 1.82) is 0 Å². The first-order chi connectivity index (χ1) is 12.3. The number of phenolic OH excluding ortho intramolecular Hbond substituents is 2. The molecule has 2 rings (SSSR count). The molecule has 6 nitrogen and oxygen atoms in total. The number of carbonyl (C=O) groups is 2. The molecule has 138 valence electrons. The van der Waals surface area contributed by atoms with Crippen LogP contribution in [0.2, 0.25) is 0 Å². The molecule has 7 heteroatoms. The van der Waals surface area contributed by atoms with Crippen molar-refractivity contribution in [2.24, 2.45) is 5.92 Å². The molecule has 0 heterocycles. The van der Waals surface area contributed by atoms with Gasteiger partial charge in [0, 0.05) is 29.4 Å². The lowest BCUT2D eigenvalue weighted by Crippen LogP contribution is -2.34. The van der Waals surface area contributed by atoms with Gasteiger partial charge in [0.1, 0.15) is 17.4 Å². The highest BCUT2D eigenvalue weighted by molar-refractivity contribution is 6.19. The van der Waals surface area contributed by atoms with E-state index in [1.165, 1.54) is 12.1 Å². The maximum absolute atomic E-state index is 12.5. The number of rotatable bonds is 6. The van der Waals surface area contributed by atoms with E-state index < -0.39 is 17.7 Å². The molecule has 0 unspecified atom stereocenters. The highest BCUT2D eigenvalue weighted by Crippen LogP contribution is 2.23. The Balaban J connectivity index is 2.12. The number of phenols is 2. The summed E-state index contributed by atoms with van der Waals surface area (Å²) in [5, 5.41) is 24.7. The van der Waals surface area contributed by atoms with Crippen molar-refractivity contribution in [3.05, 3.63) is 47.5 Å². The molecular weight excluding hydrogens is 356 g/mol. The minimum Gasteiger partial charge on any atom is -0.508 e. The average molecular weight is 377 g/mol. The van der Waals surface area contributed by atoms with Crippen LogP contribution in [0.5, 0.6) is 11.5 Å². The van der Waals surface area contributed by atoms with Gasteiger partial charge in [0.25, 0.3) is 0 Å². The van der Waals surface area contributed by atoms with Crippen molar-refractivity contribution >= 4 is 34.8 Å². The van der Waals surface area contributed by atoms with Crippen LogP contribution in [-0.2, 0) is 9.59 Å². The summed E-state index contributed by atoms with van der Waals surface area (Å²) in [6, 6.07) is 9.44. The van der Waals surface area contributed by atoms with Crippen LogP contribution >= 0.6 is 11.6 Å². The van der Waals surface area contributed by atoms with Gasteiger partial charge in [-0.25, -0.2) is 0 Å². The SMILES string of the molecule is Cc1ccc(NC(=O)C(CCCl)C(=O)Nc2ccc(C)c(O)c2)cc1O. The number of nitrogens with one attached hydrogen (secondary N) is 2. The molecule has 26 heavy (non-hydrogen) atoms. The van der Waals surface area contributed by atoms with Gasteiger partial charge in [0.05, 0.1) is 0 Å². The van der Waals surface area contributed by atoms with Gasteiger partial charge in [-0.3, -0.25) is 9.59 Å². The van der Waals surface area contributed by atoms with Crippen LogP contribution in [0.1, 0.15) is 17.5 Å². The maximum Gasteiger partial charge on any atom is 0.237 e. The highest BCUT2D eigenvalue weighted by Gasteiger charge is 2.26. The summed E-state index contributed by atoms with van der Waals surface area (Å²) in [7, 11) is 0. The fourth-order valence-electron chi connectivity index (χ4n) is 2.32. The number of amides is 2. The van der Waals surface area contributed by atoms with Crippen LogP contribution in [-0.4, -0.2) is 27.9 Å². The summed E-state index contributed by atoms with van der Waals surface area (Å²) in [4.78, 5) is 25.0. The number of carbonyl (C=O) groups excluding carboxylic acids is 2. The normalized spacial score (nSPS) is 10.6. The highest BCUT2D eigenvalue weighted by atomic mass is 35.5. The number of halogens is 1. The average Bonchev–Trinajstić information content (AvgIpc) is 2.59. The van der Waals surface area contributed by atoms with E-state index in [0.29, 0.717) is 22.5 Å². The van der Waals surface area contributed by atoms with Gasteiger partial charge < -0.3 is 20.8 Å². The number of alkyl halides is 1. The van der Waals surface area contributed by atoms with Crippen molar-refractivity contribution < 1.29 is 19.8 Å². The third-order valence-electron chi connectivity index (χ3n) is 3.98. The number of hydrogen-bond acceptors (Lipinski definition) is 4. The lowest BCUT2D eigenvalue weighted by atomic mass is 10.0. The molecule has 0 fully saturated rings. The Labute approximate surface area is 156 Å². The topological polar surface area (TPSA) is 98.7 Å². The van der Waals surface area contributed by atoms with Crippen molar-refractivity contribution in [3.63, 3.8) is 0 Å². The largest absolute Gasteiger partial charge is 0.508 e. The van der Waals surface area contributed by atoms with Crippen LogP contribution in [0.15, 0.2) is 36.4 Å². The van der Waals surface area contributed by atoms with E-state index in [-0.39, 0.29) is 23.8 Å². The second-order valence-corrected chi connectivity index (χ2v) is 6.39. The fourth-order valence-corrected chi connectivity index (χ4v) is 2.54. The molecule has 0 saturated carbocycles. The van der Waals surface area contributed by atoms with Crippen molar-refractivity contribution in [1.82, 2.24) is 0 Å². The maximum atomic E-state index is 12.5. The zero-order chi connectivity index (χ0) is 19.3. The van der Waals surface area contributed by atoms with E-state index in [1.807, 2.05) is 0 Å². The molecule has 0 aliphatic carbocycles. The molecular formula is C19H21ClN2O4. The first kappa shape index (κ1) is 19.6. The predicted octanol–water partition coefficient (Wildman–Crippen LogP) is 3.54. The standard InChI is InChI=1S/C19H21ClN2O4/c1-11-3-5-13(9-16(11)23)21-18(25)15(7-8-20)19(26)22-14-6-4-12(2)17(24)10-14/h3-6,9-10,15,23-24H,7-8H2,1-2H3,(H,21,25)(H,22,26). The van der Waals surface area contributed by atoms with Gasteiger partial charge in [0.15, 0.2) is 0 Å². The molecule has 4 N–H and O–H groups in total. The van der Waals surface area contributed by atoms with E-state index in [4.69, 9.17) is 11.6 Å². The van der Waals surface area contributed by atoms with E-state index in [1.54, 1.807) is 38.1 Å². The molecule has 2 amide bonds. The van der Waals surface area contributed by atoms with Crippen molar-refractivity contribution in [2.75, 3.05) is 16.5 Å². The minimum absolute atomic E-state index is 0.0521. The van der Waals surface area contributed by atoms with Crippen LogP contribution in [0.4, 0.5) is 11.4 Å². The van der Waals surface area contributed by atoms with Gasteiger partial charge in [-0.15, -0.1) is 11.6 Å². The lowest BCUT2D eigenvalue weighted by Gasteiger charge is -2.16. The van der Waals surface area contributed by atoms with Crippen molar-refractivity contribution in [3.8, 4) is 11.5 Å². The van der Waals surface area contributed by atoms with Gasteiger partial charge >= 0.3 is 0 Å². The third kappa shape index (κ3) is 4.89. The Hall–Kier alpha value is -2.73. The molecule has 0 saturated heterocycles. The molecule has 0 aliphatic heterocycles. The lowest BCUT2D eigenvalue weighted by molar-refractivity contribution is -0.129. The van der Waals surface area contributed by atoms with Crippen molar-refractivity contribution in [2.45, 2.75) is 20.3 Å². The number of hydrogen-bond donors (Lipinski definition) is 4. The number of aryl methyl sites for hydroxylation is 2. The molecule has 0 aromatic heterocycles. The Morgan fingerprint density at radius 3 is 1.69 bits per heavy atom. The Morgan fingerprint density at radius 1 is 0.923 bits per heavy atom. The van der Waals surface area contributed by atoms with Crippen LogP contribution in [0, 0.1) is 19.8 Å². The number of aromatic hydroxyl groups is 2. The Morgan fingerprint density at radius 2 is 1.35 bits per heavy atom. The van der Waals surface area contributed by atoms with E-state index in [2.05, 4.69) is 10.6 Å². The van der Waals surface area contributed by atoms with Gasteiger partial charge in [-0.05, 0) is 43.5 Å². The summed E-state index contributed by atoms with van der Waals surface area (Å²) in [5.74, 6) is -1.83. The van der Waals surface area contributed by atoms with Crippen LogP contribution in [0.3, 0.4) is 0 Å². The summed E-state index contributed by atoms with van der Waals surface area (Å²) < 4.78 is 0. The third-order valence-corrected chi connectivity index (χ3v) is 4.20. The summed E-state index contributed by atoms with van der Waals surface area (Å²) in [6.07, 6.45) is 0.148. The first-order valence-corrected chi connectivity index (χ1v) is 8.62. The van der Waals surface area contributed by atoms with E-state index in [9.17, 15) is 19.8 Å². The molecule has 0 aliphatic rings. The molecule has 2 aromatic rings. The molecule has 0 radical (unpaired) electrons. The minimum atomic E-state index is -1.01. The number of benzene rings is 2. The first-order valence-electron chi connectivity index (χ1n) is 8.08. The summed E-state index contributed by atoms with van der Waals surface area (Å²) in [6.45, 7) is 3.48. The van der Waals surface area contributed by atoms with Gasteiger partial charge in [0.2, 0.25) is 11.8 Å². The quantitative estimate of drug-likeness (QED) is 0.457. The molecule has 0 atom stereocenters. The van der Waals surface area contributed by atoms with Gasteiger partial charge in [-0.2, -0.15) is 0 Å². The number of anilines is 2. The van der Waals surface area contributed by atoms with Crippen LogP contribution < -0.4 is 10.6 Å². The van der Waals surface area contributed by atoms with E-state index in [0.717, 1.165) is 0 Å². The molecule has 0 bridgehead atoms. The second kappa shape index (κ2) is 8.58. The van der Waals surface area contributed by atoms with E-state index >= 15 is 0 Å². The molecule has 2 aromatic carbocycles. The molecule has 0 spiro atoms. The zero-order valence-corrected chi connectivity index (χ0v) is 15.3. The summed E-state index contributed by atoms with van der Waals surface area (Å²) >= 11 is 5.74. The second-order valence-electron chi connectivity index (χ2n) is 6.01. The Kier molecular flexibility index (Phi) is 6.46. The predicted molar refractivity (Wildman–Crippen MR) is 102 cm³/mol. The van der Waals surface area contributed by atoms with Crippen LogP contribution in [0.25, 0.3) is 0 Å². The fraction of sp³-hybridized carbons (Fsp3) is 0.263. The summed E-state index contributed by atoms with van der Waals surface area (Å²) in [5.41, 5.74) is 2.13. The monoisotopic (exact) mass is 376 g/mol. The van der Waals surface area contributed by atoms with Gasteiger partial charge in [-0.1, -0.05) is 12.1 Å². The Bertz CT molecular complexity index is 758. The zero-order valence-electron chi connectivity index (χ0n) is 14.5. The smallest absolute Gasteiger partial charge is 0.237 e.